The molecule has 0 saturated carbocycles. The molecule has 0 heterocycles. The minimum atomic E-state index is 0.419. The molecule has 1 aliphatic carbocycles. The Balaban J connectivity index is 2.06. The van der Waals surface area contributed by atoms with E-state index in [9.17, 15) is 0 Å². The predicted molar refractivity (Wildman–Crippen MR) is 69.7 cm³/mol. The monoisotopic (exact) mass is 215 g/mol. The summed E-state index contributed by atoms with van der Waals surface area (Å²) in [6, 6.07) is 7.36. The van der Waals surface area contributed by atoms with E-state index < -0.39 is 0 Å². The molecular weight excluding hydrogens is 194 g/mol. The van der Waals surface area contributed by atoms with Gasteiger partial charge in [0.1, 0.15) is 0 Å². The molecule has 1 unspecified atom stereocenters. The van der Waals surface area contributed by atoms with Crippen molar-refractivity contribution >= 4 is 0 Å². The van der Waals surface area contributed by atoms with Crippen molar-refractivity contribution in [3.05, 3.63) is 47.0 Å². The molecule has 0 spiro atoms. The van der Waals surface area contributed by atoms with E-state index >= 15 is 0 Å². The summed E-state index contributed by atoms with van der Waals surface area (Å²) in [5.74, 6) is 0. The zero-order chi connectivity index (χ0) is 11.5. The molecule has 2 rings (SSSR count). The lowest BCUT2D eigenvalue weighted by molar-refractivity contribution is 0.607. The molecule has 0 saturated heterocycles. The van der Waals surface area contributed by atoms with Crippen LogP contribution in [0.2, 0.25) is 0 Å². The molecule has 0 bridgehead atoms. The average molecular weight is 215 g/mol. The average Bonchev–Trinajstić information content (AvgIpc) is 2.72. The van der Waals surface area contributed by atoms with E-state index in [-0.39, 0.29) is 0 Å². The zero-order valence-corrected chi connectivity index (χ0v) is 10.3. The van der Waals surface area contributed by atoms with E-state index in [1.807, 2.05) is 0 Å². The van der Waals surface area contributed by atoms with Gasteiger partial charge in [-0.2, -0.15) is 0 Å². The smallest absolute Gasteiger partial charge is 0.0294 e. The molecule has 16 heavy (non-hydrogen) atoms. The normalized spacial score (nSPS) is 15.9. The van der Waals surface area contributed by atoms with Gasteiger partial charge in [0.05, 0.1) is 0 Å². The lowest BCUT2D eigenvalue weighted by Crippen LogP contribution is -2.20. The summed E-state index contributed by atoms with van der Waals surface area (Å²) in [7, 11) is 0. The quantitative estimate of drug-likeness (QED) is 0.759. The maximum Gasteiger partial charge on any atom is 0.0294 e. The molecule has 1 atom stereocenters. The van der Waals surface area contributed by atoms with E-state index in [2.05, 4.69) is 43.9 Å². The van der Waals surface area contributed by atoms with Gasteiger partial charge in [-0.3, -0.25) is 0 Å². The fraction of sp³-hybridized carbons (Fsp3) is 0.467. The largest absolute Gasteiger partial charge is 0.306 e. The second-order valence-electron chi connectivity index (χ2n) is 4.94. The Bertz CT molecular complexity index is 392. The summed E-state index contributed by atoms with van der Waals surface area (Å²) in [5.41, 5.74) is 5.70. The van der Waals surface area contributed by atoms with Gasteiger partial charge in [-0.15, -0.1) is 0 Å². The Morgan fingerprint density at radius 1 is 1.38 bits per heavy atom. The highest BCUT2D eigenvalue weighted by molar-refractivity contribution is 5.36. The Morgan fingerprint density at radius 3 is 2.88 bits per heavy atom. The number of benzene rings is 1. The van der Waals surface area contributed by atoms with Gasteiger partial charge >= 0.3 is 0 Å². The van der Waals surface area contributed by atoms with Gasteiger partial charge in [-0.1, -0.05) is 30.4 Å². The summed E-state index contributed by atoms with van der Waals surface area (Å²) in [4.78, 5) is 0. The van der Waals surface area contributed by atoms with Gasteiger partial charge in [0.15, 0.2) is 0 Å². The van der Waals surface area contributed by atoms with Crippen LogP contribution in [-0.4, -0.2) is 6.54 Å². The predicted octanol–water partition coefficient (Wildman–Crippen LogP) is 3.40. The van der Waals surface area contributed by atoms with Crippen molar-refractivity contribution < 1.29 is 0 Å². The maximum atomic E-state index is 3.92. The first kappa shape index (κ1) is 11.4. The van der Waals surface area contributed by atoms with Crippen molar-refractivity contribution in [2.75, 3.05) is 6.54 Å². The SMILES string of the molecule is C=C(C)CNC(C)c1ccc2c(c1)CCC2. The summed E-state index contributed by atoms with van der Waals surface area (Å²) >= 11 is 0. The van der Waals surface area contributed by atoms with Crippen molar-refractivity contribution in [3.63, 3.8) is 0 Å². The van der Waals surface area contributed by atoms with Crippen molar-refractivity contribution in [1.82, 2.24) is 5.32 Å². The Kier molecular flexibility index (Phi) is 3.45. The fourth-order valence-electron chi connectivity index (χ4n) is 2.31. The molecule has 0 amide bonds. The lowest BCUT2D eigenvalue weighted by atomic mass is 10.0. The number of fused-ring (bicyclic) bond motifs is 1. The zero-order valence-electron chi connectivity index (χ0n) is 10.3. The third kappa shape index (κ3) is 2.53. The van der Waals surface area contributed by atoms with E-state index in [1.165, 1.54) is 30.4 Å². The van der Waals surface area contributed by atoms with Crippen LogP contribution < -0.4 is 5.32 Å². The van der Waals surface area contributed by atoms with E-state index in [0.29, 0.717) is 6.04 Å². The van der Waals surface area contributed by atoms with Gasteiger partial charge in [-0.25, -0.2) is 0 Å². The summed E-state index contributed by atoms with van der Waals surface area (Å²) in [6.45, 7) is 9.10. The third-order valence-electron chi connectivity index (χ3n) is 3.33. The lowest BCUT2D eigenvalue weighted by Gasteiger charge is -2.15. The number of rotatable bonds is 4. The van der Waals surface area contributed by atoms with Gasteiger partial charge < -0.3 is 5.32 Å². The summed E-state index contributed by atoms with van der Waals surface area (Å²) < 4.78 is 0. The van der Waals surface area contributed by atoms with Crippen LogP contribution in [0.25, 0.3) is 0 Å². The summed E-state index contributed by atoms with van der Waals surface area (Å²) in [5, 5.41) is 3.49. The Labute approximate surface area is 98.6 Å². The van der Waals surface area contributed by atoms with Crippen LogP contribution in [0.4, 0.5) is 0 Å². The molecule has 1 N–H and O–H groups in total. The minimum Gasteiger partial charge on any atom is -0.306 e. The first-order valence-electron chi connectivity index (χ1n) is 6.16. The topological polar surface area (TPSA) is 12.0 Å². The first-order chi connectivity index (χ1) is 7.66. The standard InChI is InChI=1S/C15H21N/c1-11(2)10-16-12(3)14-8-7-13-5-4-6-15(13)9-14/h7-9,12,16H,1,4-6,10H2,2-3H3. The van der Waals surface area contributed by atoms with Gasteiger partial charge in [0.25, 0.3) is 0 Å². The van der Waals surface area contributed by atoms with E-state index in [0.717, 1.165) is 6.54 Å². The molecule has 86 valence electrons. The minimum absolute atomic E-state index is 0.419. The number of aryl methyl sites for hydroxylation is 2. The maximum absolute atomic E-state index is 3.92. The van der Waals surface area contributed by atoms with Crippen LogP contribution >= 0.6 is 0 Å². The van der Waals surface area contributed by atoms with Crippen LogP contribution in [0, 0.1) is 0 Å². The van der Waals surface area contributed by atoms with Gasteiger partial charge in [0.2, 0.25) is 0 Å². The van der Waals surface area contributed by atoms with Crippen LogP contribution in [0.5, 0.6) is 0 Å². The van der Waals surface area contributed by atoms with E-state index in [4.69, 9.17) is 0 Å². The molecule has 0 fully saturated rings. The molecule has 0 aromatic heterocycles. The van der Waals surface area contributed by atoms with Crippen molar-refractivity contribution in [2.45, 2.75) is 39.2 Å². The Hall–Kier alpha value is -1.08. The van der Waals surface area contributed by atoms with Gasteiger partial charge in [-0.05, 0) is 49.8 Å². The summed E-state index contributed by atoms with van der Waals surface area (Å²) in [6.07, 6.45) is 3.85. The second kappa shape index (κ2) is 4.84. The molecule has 1 heteroatoms. The molecule has 1 nitrogen and oxygen atoms in total. The number of nitrogens with one attached hydrogen (secondary N) is 1. The van der Waals surface area contributed by atoms with Crippen LogP contribution in [-0.2, 0) is 12.8 Å². The highest BCUT2D eigenvalue weighted by atomic mass is 14.9. The van der Waals surface area contributed by atoms with Gasteiger partial charge in [0, 0.05) is 12.6 Å². The fourth-order valence-corrected chi connectivity index (χ4v) is 2.31. The van der Waals surface area contributed by atoms with Crippen molar-refractivity contribution in [3.8, 4) is 0 Å². The van der Waals surface area contributed by atoms with Crippen molar-refractivity contribution in [2.24, 2.45) is 0 Å². The number of hydrogen-bond donors (Lipinski definition) is 1. The third-order valence-corrected chi connectivity index (χ3v) is 3.33. The van der Waals surface area contributed by atoms with Crippen LogP contribution in [0.15, 0.2) is 30.4 Å². The number of hydrogen-bond acceptors (Lipinski definition) is 1. The van der Waals surface area contributed by atoms with E-state index in [1.54, 1.807) is 11.1 Å². The molecule has 1 aromatic rings. The molecule has 1 aliphatic rings. The molecule has 1 aromatic carbocycles. The molecule has 0 aliphatic heterocycles. The Morgan fingerprint density at radius 2 is 2.12 bits per heavy atom. The van der Waals surface area contributed by atoms with Crippen LogP contribution in [0.3, 0.4) is 0 Å². The molecular formula is C15H21N. The highest BCUT2D eigenvalue weighted by Gasteiger charge is 2.12. The second-order valence-corrected chi connectivity index (χ2v) is 4.94. The molecule has 0 radical (unpaired) electrons. The van der Waals surface area contributed by atoms with Crippen LogP contribution in [0.1, 0.15) is 43.0 Å². The first-order valence-corrected chi connectivity index (χ1v) is 6.16. The van der Waals surface area contributed by atoms with Crippen molar-refractivity contribution in [1.29, 1.82) is 0 Å². The highest BCUT2D eigenvalue weighted by Crippen LogP contribution is 2.25.